The summed E-state index contributed by atoms with van der Waals surface area (Å²) in [6.07, 6.45) is 3.30. The molecule has 2 amide bonds. The molecular weight excluding hydrogens is 466 g/mol. The number of carbonyl (C=O) groups is 2. The second-order valence-corrected chi connectivity index (χ2v) is 11.1. The molecule has 188 valence electrons. The van der Waals surface area contributed by atoms with Crippen LogP contribution in [0.3, 0.4) is 0 Å². The maximum Gasteiger partial charge on any atom is 0.262 e. The number of hydrogen-bond acceptors (Lipinski definition) is 5. The van der Waals surface area contributed by atoms with Crippen molar-refractivity contribution in [2.45, 2.75) is 63.5 Å². The normalized spacial score (nSPS) is 20.1. The molecule has 0 aromatic heterocycles. The fourth-order valence-electron chi connectivity index (χ4n) is 4.74. The number of amides is 2. The first kappa shape index (κ1) is 25.2. The van der Waals surface area contributed by atoms with Crippen LogP contribution in [0.15, 0.2) is 41.3 Å². The van der Waals surface area contributed by atoms with Crippen molar-refractivity contribution in [3.8, 4) is 0 Å². The van der Waals surface area contributed by atoms with Gasteiger partial charge < -0.3 is 15.0 Å². The molecule has 0 aliphatic carbocycles. The highest BCUT2D eigenvalue weighted by molar-refractivity contribution is 7.92. The fourth-order valence-corrected chi connectivity index (χ4v) is 6.10. The van der Waals surface area contributed by atoms with E-state index >= 15 is 0 Å². The smallest absolute Gasteiger partial charge is 0.262 e. The second kappa shape index (κ2) is 10.4. The van der Waals surface area contributed by atoms with Crippen LogP contribution in [0.5, 0.6) is 0 Å². The maximum absolute atomic E-state index is 13.3. The predicted octanol–water partition coefficient (Wildman–Crippen LogP) is 3.31. The highest BCUT2D eigenvalue weighted by atomic mass is 32.2. The zero-order valence-corrected chi connectivity index (χ0v) is 21.3. The van der Waals surface area contributed by atoms with Gasteiger partial charge >= 0.3 is 0 Å². The van der Waals surface area contributed by atoms with E-state index in [1.165, 1.54) is 6.07 Å². The number of nitrogens with zero attached hydrogens (tertiary/aromatic N) is 1. The standard InChI is InChI=1S/C26H33N3O5S/c1-17-13-19(3)24(14-18(17)2)35(32,33)28-21-8-4-7-20(15-21)26(31)29-11-5-10-23(29)25(30)27-16-22-9-6-12-34-22/h4,7-8,13-15,22-23,28H,5-6,9-12,16H2,1-3H3,(H,27,30)/t22-,23-/m0/s1. The van der Waals surface area contributed by atoms with E-state index in [4.69, 9.17) is 4.74 Å². The molecule has 2 atom stereocenters. The van der Waals surface area contributed by atoms with Gasteiger partial charge in [-0.25, -0.2) is 8.42 Å². The van der Waals surface area contributed by atoms with Crippen LogP contribution in [0, 0.1) is 20.8 Å². The molecule has 0 saturated carbocycles. The zero-order chi connectivity index (χ0) is 25.2. The minimum atomic E-state index is -3.84. The van der Waals surface area contributed by atoms with Crippen LogP contribution in [0.25, 0.3) is 0 Å². The second-order valence-electron chi connectivity index (χ2n) is 9.43. The number of anilines is 1. The van der Waals surface area contributed by atoms with E-state index in [1.54, 1.807) is 36.1 Å². The molecule has 2 aliphatic heterocycles. The summed E-state index contributed by atoms with van der Waals surface area (Å²) < 4.78 is 34.3. The Bertz CT molecular complexity index is 1220. The van der Waals surface area contributed by atoms with Crippen molar-refractivity contribution in [3.63, 3.8) is 0 Å². The van der Waals surface area contributed by atoms with E-state index in [-0.39, 0.29) is 22.8 Å². The lowest BCUT2D eigenvalue weighted by Crippen LogP contribution is -2.47. The Hall–Kier alpha value is -2.91. The Labute approximate surface area is 207 Å². The number of carbonyl (C=O) groups excluding carboxylic acids is 2. The highest BCUT2D eigenvalue weighted by Gasteiger charge is 2.35. The lowest BCUT2D eigenvalue weighted by atomic mass is 10.1. The lowest BCUT2D eigenvalue weighted by Gasteiger charge is -2.25. The lowest BCUT2D eigenvalue weighted by molar-refractivity contribution is -0.125. The van der Waals surface area contributed by atoms with Crippen molar-refractivity contribution in [2.75, 3.05) is 24.4 Å². The average Bonchev–Trinajstić information content (AvgIpc) is 3.51. The molecule has 0 spiro atoms. The molecule has 35 heavy (non-hydrogen) atoms. The van der Waals surface area contributed by atoms with Crippen molar-refractivity contribution < 1.29 is 22.7 Å². The van der Waals surface area contributed by atoms with E-state index in [2.05, 4.69) is 10.0 Å². The molecule has 2 fully saturated rings. The molecule has 2 aromatic carbocycles. The monoisotopic (exact) mass is 499 g/mol. The fraction of sp³-hybridized carbons (Fsp3) is 0.462. The third-order valence-corrected chi connectivity index (χ3v) is 8.31. The quantitative estimate of drug-likeness (QED) is 0.608. The zero-order valence-electron chi connectivity index (χ0n) is 20.5. The van der Waals surface area contributed by atoms with Crippen molar-refractivity contribution >= 4 is 27.5 Å². The largest absolute Gasteiger partial charge is 0.376 e. The highest BCUT2D eigenvalue weighted by Crippen LogP contribution is 2.25. The summed E-state index contributed by atoms with van der Waals surface area (Å²) >= 11 is 0. The van der Waals surface area contributed by atoms with Gasteiger partial charge in [0.15, 0.2) is 0 Å². The number of sulfonamides is 1. The van der Waals surface area contributed by atoms with Crippen molar-refractivity contribution in [3.05, 3.63) is 58.7 Å². The van der Waals surface area contributed by atoms with Gasteiger partial charge in [-0.2, -0.15) is 0 Å². The van der Waals surface area contributed by atoms with Gasteiger partial charge in [0.25, 0.3) is 15.9 Å². The molecule has 0 bridgehead atoms. The van der Waals surface area contributed by atoms with Gasteiger partial charge in [-0.1, -0.05) is 12.1 Å². The average molecular weight is 500 g/mol. The molecule has 0 unspecified atom stereocenters. The Morgan fingerprint density at radius 3 is 2.54 bits per heavy atom. The Morgan fingerprint density at radius 2 is 1.80 bits per heavy atom. The molecule has 4 rings (SSSR count). The van der Waals surface area contributed by atoms with Crippen molar-refractivity contribution in [1.82, 2.24) is 10.2 Å². The maximum atomic E-state index is 13.3. The van der Waals surface area contributed by atoms with Gasteiger partial charge in [-0.3, -0.25) is 14.3 Å². The van der Waals surface area contributed by atoms with Gasteiger partial charge in [-0.05, 0) is 87.4 Å². The first-order chi connectivity index (χ1) is 16.7. The number of benzene rings is 2. The molecule has 2 heterocycles. The number of rotatable bonds is 7. The summed E-state index contributed by atoms with van der Waals surface area (Å²) in [4.78, 5) is 27.9. The topological polar surface area (TPSA) is 105 Å². The van der Waals surface area contributed by atoms with Gasteiger partial charge in [0.05, 0.1) is 11.0 Å². The van der Waals surface area contributed by atoms with Crippen LogP contribution < -0.4 is 10.0 Å². The SMILES string of the molecule is Cc1cc(C)c(S(=O)(=O)Nc2cccc(C(=O)N3CCC[C@H]3C(=O)NC[C@@H]3CCCO3)c2)cc1C. The van der Waals surface area contributed by atoms with Gasteiger partial charge in [-0.15, -0.1) is 0 Å². The molecule has 2 aliphatic rings. The van der Waals surface area contributed by atoms with Crippen LogP contribution in [-0.4, -0.2) is 57.0 Å². The molecular formula is C26H33N3O5S. The van der Waals surface area contributed by atoms with Crippen LogP contribution in [0.1, 0.15) is 52.7 Å². The minimum absolute atomic E-state index is 0.0372. The molecule has 9 heteroatoms. The summed E-state index contributed by atoms with van der Waals surface area (Å²) in [6, 6.07) is 9.38. The van der Waals surface area contributed by atoms with Crippen LogP contribution in [0.2, 0.25) is 0 Å². The minimum Gasteiger partial charge on any atom is -0.376 e. The molecule has 2 N–H and O–H groups in total. The number of hydrogen-bond donors (Lipinski definition) is 2. The third kappa shape index (κ3) is 5.67. The van der Waals surface area contributed by atoms with Gasteiger partial charge in [0, 0.05) is 30.9 Å². The van der Waals surface area contributed by atoms with Crippen molar-refractivity contribution in [2.24, 2.45) is 0 Å². The molecule has 0 radical (unpaired) electrons. The van der Waals surface area contributed by atoms with Crippen molar-refractivity contribution in [1.29, 1.82) is 0 Å². The first-order valence-corrected chi connectivity index (χ1v) is 13.5. The number of ether oxygens (including phenoxy) is 1. The van der Waals surface area contributed by atoms with E-state index in [0.717, 1.165) is 37.0 Å². The van der Waals surface area contributed by atoms with Crippen LogP contribution >= 0.6 is 0 Å². The Balaban J connectivity index is 1.47. The van der Waals surface area contributed by atoms with E-state index in [1.807, 2.05) is 19.9 Å². The Morgan fingerprint density at radius 1 is 1.03 bits per heavy atom. The summed E-state index contributed by atoms with van der Waals surface area (Å²) in [5, 5.41) is 2.93. The first-order valence-electron chi connectivity index (χ1n) is 12.1. The molecule has 8 nitrogen and oxygen atoms in total. The third-order valence-electron chi connectivity index (χ3n) is 6.79. The predicted molar refractivity (Wildman–Crippen MR) is 134 cm³/mol. The molecule has 2 aromatic rings. The summed E-state index contributed by atoms with van der Waals surface area (Å²) in [7, 11) is -3.84. The van der Waals surface area contributed by atoms with E-state index in [0.29, 0.717) is 36.3 Å². The Kier molecular flexibility index (Phi) is 7.47. The van der Waals surface area contributed by atoms with Gasteiger partial charge in [0.2, 0.25) is 5.91 Å². The number of likely N-dealkylation sites (tertiary alicyclic amines) is 1. The van der Waals surface area contributed by atoms with Gasteiger partial charge in [0.1, 0.15) is 6.04 Å². The number of aryl methyl sites for hydroxylation is 3. The summed E-state index contributed by atoms with van der Waals surface area (Å²) in [5.41, 5.74) is 3.20. The summed E-state index contributed by atoms with van der Waals surface area (Å²) in [5.74, 6) is -0.461. The number of nitrogens with one attached hydrogen (secondary N) is 2. The van der Waals surface area contributed by atoms with E-state index < -0.39 is 16.1 Å². The summed E-state index contributed by atoms with van der Waals surface area (Å²) in [6.45, 7) is 7.23. The van der Waals surface area contributed by atoms with E-state index in [9.17, 15) is 18.0 Å². The van der Waals surface area contributed by atoms with Crippen LogP contribution in [-0.2, 0) is 19.6 Å². The molecule has 2 saturated heterocycles. The van der Waals surface area contributed by atoms with Crippen LogP contribution in [0.4, 0.5) is 5.69 Å².